The van der Waals surface area contributed by atoms with E-state index in [0.29, 0.717) is 5.56 Å². The Labute approximate surface area is 185 Å². The highest BCUT2D eigenvalue weighted by Gasteiger charge is 2.28. The number of para-hydroxylation sites is 2. The predicted molar refractivity (Wildman–Crippen MR) is 120 cm³/mol. The molecule has 0 fully saturated rings. The SMILES string of the molecule is Cc1ccc(C(=O)CCC(=O)OCC(=O)N2c3ccccc3Sc3ccccc32)cc1. The van der Waals surface area contributed by atoms with Gasteiger partial charge in [-0.05, 0) is 31.2 Å². The first kappa shape index (κ1) is 20.9. The number of anilines is 2. The van der Waals surface area contributed by atoms with Crippen LogP contribution in [0.3, 0.4) is 0 Å². The summed E-state index contributed by atoms with van der Waals surface area (Å²) in [6.07, 6.45) is -0.0227. The summed E-state index contributed by atoms with van der Waals surface area (Å²) in [4.78, 5) is 40.9. The Morgan fingerprint density at radius 1 is 0.806 bits per heavy atom. The molecule has 6 heteroatoms. The maximum Gasteiger partial charge on any atom is 0.306 e. The van der Waals surface area contributed by atoms with Gasteiger partial charge in [-0.3, -0.25) is 19.3 Å². The number of fused-ring (bicyclic) bond motifs is 2. The largest absolute Gasteiger partial charge is 0.456 e. The zero-order valence-electron chi connectivity index (χ0n) is 17.0. The fourth-order valence-corrected chi connectivity index (χ4v) is 4.41. The summed E-state index contributed by atoms with van der Waals surface area (Å²) in [5.74, 6) is -1.03. The number of Topliss-reactive ketones (excluding diaryl/α,β-unsaturated/α-hetero) is 1. The highest BCUT2D eigenvalue weighted by atomic mass is 32.2. The van der Waals surface area contributed by atoms with Crippen LogP contribution < -0.4 is 4.90 Å². The molecule has 3 aromatic rings. The van der Waals surface area contributed by atoms with E-state index in [1.165, 1.54) is 0 Å². The number of carbonyl (C=O) groups excluding carboxylic acids is 3. The van der Waals surface area contributed by atoms with Crippen molar-refractivity contribution in [2.24, 2.45) is 0 Å². The molecule has 0 atom stereocenters. The van der Waals surface area contributed by atoms with Crippen LogP contribution in [0, 0.1) is 6.92 Å². The third-order valence-electron chi connectivity index (χ3n) is 4.97. The summed E-state index contributed by atoms with van der Waals surface area (Å²) in [5, 5.41) is 0. The first-order valence-electron chi connectivity index (χ1n) is 9.97. The van der Waals surface area contributed by atoms with Crippen LogP contribution >= 0.6 is 11.8 Å². The quantitative estimate of drug-likeness (QED) is 0.390. The van der Waals surface area contributed by atoms with Crippen LogP contribution in [-0.2, 0) is 14.3 Å². The molecule has 1 amide bonds. The first-order chi connectivity index (χ1) is 15.0. The average molecular weight is 432 g/mol. The van der Waals surface area contributed by atoms with Gasteiger partial charge in [-0.2, -0.15) is 0 Å². The molecule has 1 heterocycles. The standard InChI is InChI=1S/C25H21NO4S/c1-17-10-12-18(13-11-17)21(27)14-15-25(29)30-16-24(28)26-19-6-2-4-8-22(19)31-23-9-5-3-7-20(23)26/h2-13H,14-16H2,1H3. The molecule has 1 aliphatic rings. The molecule has 0 N–H and O–H groups in total. The number of hydrogen-bond donors (Lipinski definition) is 0. The van der Waals surface area contributed by atoms with Gasteiger partial charge in [-0.25, -0.2) is 0 Å². The van der Waals surface area contributed by atoms with Crippen molar-refractivity contribution in [2.75, 3.05) is 11.5 Å². The maximum absolute atomic E-state index is 13.0. The van der Waals surface area contributed by atoms with Crippen molar-refractivity contribution in [2.45, 2.75) is 29.6 Å². The minimum absolute atomic E-state index is 0.0438. The number of ketones is 1. The van der Waals surface area contributed by atoms with Crippen LogP contribution in [0.5, 0.6) is 0 Å². The Bertz CT molecular complexity index is 1090. The van der Waals surface area contributed by atoms with E-state index >= 15 is 0 Å². The number of aryl methyl sites for hydroxylation is 1. The van der Waals surface area contributed by atoms with Crippen LogP contribution in [0.4, 0.5) is 11.4 Å². The lowest BCUT2D eigenvalue weighted by Gasteiger charge is -2.30. The second-order valence-electron chi connectivity index (χ2n) is 7.22. The van der Waals surface area contributed by atoms with Crippen LogP contribution in [0.2, 0.25) is 0 Å². The summed E-state index contributed by atoms with van der Waals surface area (Å²) >= 11 is 1.60. The van der Waals surface area contributed by atoms with Crippen molar-refractivity contribution < 1.29 is 19.1 Å². The molecule has 156 valence electrons. The van der Waals surface area contributed by atoms with Crippen LogP contribution in [0.1, 0.15) is 28.8 Å². The van der Waals surface area contributed by atoms with Gasteiger partial charge in [0.15, 0.2) is 12.4 Å². The molecule has 0 radical (unpaired) electrons. The fourth-order valence-electron chi connectivity index (χ4n) is 3.35. The number of carbonyl (C=O) groups is 3. The summed E-state index contributed by atoms with van der Waals surface area (Å²) in [6.45, 7) is 1.56. The van der Waals surface area contributed by atoms with Gasteiger partial charge < -0.3 is 4.74 Å². The minimum Gasteiger partial charge on any atom is -0.456 e. The Hall–Kier alpha value is -3.38. The molecule has 4 rings (SSSR count). The normalized spacial score (nSPS) is 12.0. The molecule has 0 spiro atoms. The lowest BCUT2D eigenvalue weighted by atomic mass is 10.1. The van der Waals surface area contributed by atoms with Crippen LogP contribution in [0.15, 0.2) is 82.6 Å². The second kappa shape index (κ2) is 9.18. The van der Waals surface area contributed by atoms with E-state index in [4.69, 9.17) is 4.74 Å². The van der Waals surface area contributed by atoms with E-state index in [0.717, 1.165) is 26.7 Å². The topological polar surface area (TPSA) is 63.7 Å². The monoisotopic (exact) mass is 431 g/mol. The van der Waals surface area contributed by atoms with E-state index in [2.05, 4.69) is 0 Å². The zero-order valence-corrected chi connectivity index (χ0v) is 17.9. The van der Waals surface area contributed by atoms with Crippen LogP contribution in [0.25, 0.3) is 0 Å². The van der Waals surface area contributed by atoms with Crippen LogP contribution in [-0.4, -0.2) is 24.3 Å². The van der Waals surface area contributed by atoms with Crippen molar-refractivity contribution in [1.29, 1.82) is 0 Å². The number of esters is 1. The van der Waals surface area contributed by atoms with Crippen molar-refractivity contribution in [3.63, 3.8) is 0 Å². The number of ether oxygens (including phenoxy) is 1. The smallest absolute Gasteiger partial charge is 0.306 e. The van der Waals surface area contributed by atoms with Gasteiger partial charge in [0.1, 0.15) is 0 Å². The lowest BCUT2D eigenvalue weighted by Crippen LogP contribution is -2.32. The van der Waals surface area contributed by atoms with Crippen molar-refractivity contribution >= 4 is 40.8 Å². The molecule has 5 nitrogen and oxygen atoms in total. The number of hydrogen-bond acceptors (Lipinski definition) is 5. The predicted octanol–water partition coefficient (Wildman–Crippen LogP) is 5.33. The Morgan fingerprint density at radius 2 is 1.39 bits per heavy atom. The van der Waals surface area contributed by atoms with Gasteiger partial charge in [-0.1, -0.05) is 65.9 Å². The molecule has 1 aliphatic heterocycles. The third-order valence-corrected chi connectivity index (χ3v) is 6.10. The van der Waals surface area contributed by atoms with E-state index in [-0.39, 0.29) is 31.1 Å². The fraction of sp³-hybridized carbons (Fsp3) is 0.160. The molecule has 0 saturated heterocycles. The Balaban J connectivity index is 1.38. The molecule has 31 heavy (non-hydrogen) atoms. The van der Waals surface area contributed by atoms with E-state index < -0.39 is 5.97 Å². The highest BCUT2D eigenvalue weighted by Crippen LogP contribution is 2.47. The van der Waals surface area contributed by atoms with Crippen molar-refractivity contribution in [1.82, 2.24) is 0 Å². The van der Waals surface area contributed by atoms with Crippen molar-refractivity contribution in [3.8, 4) is 0 Å². The van der Waals surface area contributed by atoms with Gasteiger partial charge in [0.25, 0.3) is 5.91 Å². The molecule has 0 unspecified atom stereocenters. The summed E-state index contributed by atoms with van der Waals surface area (Å²) in [5.41, 5.74) is 3.16. The zero-order chi connectivity index (χ0) is 21.8. The molecule has 0 bridgehead atoms. The Kier molecular flexibility index (Phi) is 6.18. The molecular formula is C25H21NO4S. The molecule has 0 aliphatic carbocycles. The maximum atomic E-state index is 13.0. The van der Waals surface area contributed by atoms with E-state index in [1.54, 1.807) is 28.8 Å². The number of rotatable bonds is 6. The Morgan fingerprint density at radius 3 is 2.00 bits per heavy atom. The third kappa shape index (κ3) is 4.70. The highest BCUT2D eigenvalue weighted by molar-refractivity contribution is 7.99. The number of benzene rings is 3. The van der Waals surface area contributed by atoms with Gasteiger partial charge in [0, 0.05) is 21.8 Å². The molecule has 3 aromatic carbocycles. The van der Waals surface area contributed by atoms with Gasteiger partial charge in [-0.15, -0.1) is 0 Å². The summed E-state index contributed by atoms with van der Waals surface area (Å²) in [7, 11) is 0. The van der Waals surface area contributed by atoms with Gasteiger partial charge in [0.2, 0.25) is 0 Å². The number of nitrogens with zero attached hydrogens (tertiary/aromatic N) is 1. The van der Waals surface area contributed by atoms with Gasteiger partial charge in [0.05, 0.1) is 17.8 Å². The molecule has 0 aromatic heterocycles. The first-order valence-corrected chi connectivity index (χ1v) is 10.8. The van der Waals surface area contributed by atoms with Crippen molar-refractivity contribution in [3.05, 3.63) is 83.9 Å². The average Bonchev–Trinajstić information content (AvgIpc) is 2.79. The minimum atomic E-state index is -0.568. The number of amides is 1. The lowest BCUT2D eigenvalue weighted by molar-refractivity contribution is -0.147. The van der Waals surface area contributed by atoms with Gasteiger partial charge >= 0.3 is 5.97 Å². The molecule has 0 saturated carbocycles. The van der Waals surface area contributed by atoms with E-state index in [1.807, 2.05) is 67.6 Å². The molecular weight excluding hydrogens is 410 g/mol. The summed E-state index contributed by atoms with van der Waals surface area (Å²) in [6, 6.07) is 22.5. The second-order valence-corrected chi connectivity index (χ2v) is 8.30. The van der Waals surface area contributed by atoms with E-state index in [9.17, 15) is 14.4 Å². The summed E-state index contributed by atoms with van der Waals surface area (Å²) < 4.78 is 5.20.